The summed E-state index contributed by atoms with van der Waals surface area (Å²) in [5, 5.41) is 0. The summed E-state index contributed by atoms with van der Waals surface area (Å²) < 4.78 is 16.9. The summed E-state index contributed by atoms with van der Waals surface area (Å²) >= 11 is 0. The molecule has 25 heavy (non-hydrogen) atoms. The number of carbonyl (C=O) groups is 1. The molecule has 1 aliphatic rings. The van der Waals surface area contributed by atoms with E-state index in [0.717, 1.165) is 36.1 Å². The normalized spacial score (nSPS) is 20.1. The van der Waals surface area contributed by atoms with E-state index < -0.39 is 5.60 Å². The number of methoxy groups -OCH3 is 2. The second-order valence-corrected chi connectivity index (χ2v) is 6.64. The van der Waals surface area contributed by atoms with Gasteiger partial charge in [0.1, 0.15) is 11.4 Å². The first-order chi connectivity index (χ1) is 12.0. The number of amides is 1. The van der Waals surface area contributed by atoms with Gasteiger partial charge in [-0.1, -0.05) is 18.7 Å². The maximum Gasteiger partial charge on any atom is 0.246 e. The quantitative estimate of drug-likeness (QED) is 0.678. The smallest absolute Gasteiger partial charge is 0.246 e. The summed E-state index contributed by atoms with van der Waals surface area (Å²) in [5.41, 5.74) is 1.63. The zero-order valence-electron chi connectivity index (χ0n) is 15.5. The molecule has 5 nitrogen and oxygen atoms in total. The Labute approximate surface area is 150 Å². The van der Waals surface area contributed by atoms with E-state index in [1.165, 1.54) is 6.08 Å². The molecular weight excluding hydrogens is 318 g/mol. The Morgan fingerprint density at radius 3 is 2.80 bits per heavy atom. The van der Waals surface area contributed by atoms with Gasteiger partial charge in [0.2, 0.25) is 5.91 Å². The molecule has 1 saturated heterocycles. The van der Waals surface area contributed by atoms with E-state index in [9.17, 15) is 4.79 Å². The Balaban J connectivity index is 2.24. The van der Waals surface area contributed by atoms with Gasteiger partial charge in [-0.25, -0.2) is 0 Å². The van der Waals surface area contributed by atoms with Gasteiger partial charge in [-0.2, -0.15) is 0 Å². The van der Waals surface area contributed by atoms with Gasteiger partial charge in [0.15, 0.2) is 0 Å². The fraction of sp³-hybridized carbons (Fsp3) is 0.550. The molecule has 1 fully saturated rings. The van der Waals surface area contributed by atoms with Gasteiger partial charge in [-0.15, -0.1) is 0 Å². The van der Waals surface area contributed by atoms with Gasteiger partial charge in [0, 0.05) is 25.8 Å². The zero-order valence-corrected chi connectivity index (χ0v) is 15.5. The highest BCUT2D eigenvalue weighted by atomic mass is 16.5. The number of hydrogen-bond acceptors (Lipinski definition) is 4. The Bertz CT molecular complexity index is 588. The largest absolute Gasteiger partial charge is 0.496 e. The Morgan fingerprint density at radius 1 is 1.40 bits per heavy atom. The van der Waals surface area contributed by atoms with Crippen molar-refractivity contribution in [2.45, 2.75) is 38.3 Å². The van der Waals surface area contributed by atoms with Crippen molar-refractivity contribution in [2.75, 3.05) is 34.0 Å². The highest BCUT2D eigenvalue weighted by molar-refractivity contribution is 5.87. The van der Waals surface area contributed by atoms with Gasteiger partial charge in [0.25, 0.3) is 0 Å². The molecule has 2 rings (SSSR count). The maximum atomic E-state index is 12.5. The lowest BCUT2D eigenvalue weighted by Gasteiger charge is -2.40. The first-order valence-corrected chi connectivity index (χ1v) is 8.71. The average Bonchev–Trinajstić information content (AvgIpc) is 2.62. The number of hydrogen-bond donors (Lipinski definition) is 0. The standard InChI is InChI=1S/C20H29NO4/c1-5-19(22)21(13-17-9-8-16(2)12-18(17)24-4)14-20(15-23-3)10-6-7-11-25-20/h5,8-9,12H,1,6-7,10-11,13-15H2,2-4H3. The van der Waals surface area contributed by atoms with E-state index in [1.807, 2.05) is 25.1 Å². The highest BCUT2D eigenvalue weighted by Crippen LogP contribution is 2.29. The molecule has 1 amide bonds. The molecule has 1 unspecified atom stereocenters. The molecule has 1 heterocycles. The molecule has 1 atom stereocenters. The lowest BCUT2D eigenvalue weighted by molar-refractivity contribution is -0.147. The highest BCUT2D eigenvalue weighted by Gasteiger charge is 2.36. The molecule has 0 bridgehead atoms. The summed E-state index contributed by atoms with van der Waals surface area (Å²) in [6.45, 7) is 7.76. The van der Waals surface area contributed by atoms with E-state index in [2.05, 4.69) is 6.58 Å². The van der Waals surface area contributed by atoms with Crippen molar-refractivity contribution in [1.82, 2.24) is 4.90 Å². The topological polar surface area (TPSA) is 48.0 Å². The Hall–Kier alpha value is -1.85. The minimum absolute atomic E-state index is 0.118. The fourth-order valence-electron chi connectivity index (χ4n) is 3.33. The van der Waals surface area contributed by atoms with E-state index >= 15 is 0 Å². The number of carbonyl (C=O) groups excluding carboxylic acids is 1. The van der Waals surface area contributed by atoms with Crippen LogP contribution in [-0.2, 0) is 20.8 Å². The van der Waals surface area contributed by atoms with E-state index in [-0.39, 0.29) is 5.91 Å². The van der Waals surface area contributed by atoms with Crippen LogP contribution in [0.1, 0.15) is 30.4 Å². The van der Waals surface area contributed by atoms with E-state index in [4.69, 9.17) is 14.2 Å². The van der Waals surface area contributed by atoms with Crippen molar-refractivity contribution in [2.24, 2.45) is 0 Å². The van der Waals surface area contributed by atoms with Gasteiger partial charge in [0.05, 0.1) is 20.3 Å². The molecule has 0 spiro atoms. The van der Waals surface area contributed by atoms with Crippen LogP contribution in [0.3, 0.4) is 0 Å². The molecule has 1 aromatic rings. The van der Waals surface area contributed by atoms with Crippen LogP contribution in [0.5, 0.6) is 5.75 Å². The van der Waals surface area contributed by atoms with Crippen molar-refractivity contribution in [3.63, 3.8) is 0 Å². The maximum absolute atomic E-state index is 12.5. The number of benzene rings is 1. The summed E-state index contributed by atoms with van der Waals surface area (Å²) in [4.78, 5) is 14.2. The average molecular weight is 347 g/mol. The zero-order chi connectivity index (χ0) is 18.3. The third-order valence-corrected chi connectivity index (χ3v) is 4.61. The molecular formula is C20H29NO4. The first-order valence-electron chi connectivity index (χ1n) is 8.71. The Kier molecular flexibility index (Phi) is 7.02. The molecule has 0 aromatic heterocycles. The summed E-state index contributed by atoms with van der Waals surface area (Å²) in [6.07, 6.45) is 4.36. The first kappa shape index (κ1) is 19.5. The van der Waals surface area contributed by atoms with Crippen molar-refractivity contribution in [3.05, 3.63) is 42.0 Å². The van der Waals surface area contributed by atoms with Crippen LogP contribution in [0.4, 0.5) is 0 Å². The van der Waals surface area contributed by atoms with Gasteiger partial charge >= 0.3 is 0 Å². The van der Waals surface area contributed by atoms with Crippen LogP contribution in [0.2, 0.25) is 0 Å². The SMILES string of the molecule is C=CC(=O)N(Cc1ccc(C)cc1OC)CC1(COC)CCCCO1. The lowest BCUT2D eigenvalue weighted by atomic mass is 9.93. The van der Waals surface area contributed by atoms with Crippen LogP contribution >= 0.6 is 0 Å². The minimum atomic E-state index is -0.455. The summed E-state index contributed by atoms with van der Waals surface area (Å²) in [5.74, 6) is 0.666. The van der Waals surface area contributed by atoms with Gasteiger partial charge < -0.3 is 19.1 Å². The van der Waals surface area contributed by atoms with Crippen LogP contribution in [0, 0.1) is 6.92 Å². The molecule has 138 valence electrons. The third kappa shape index (κ3) is 5.06. The van der Waals surface area contributed by atoms with Crippen molar-refractivity contribution >= 4 is 5.91 Å². The summed E-state index contributed by atoms with van der Waals surface area (Å²) in [6, 6.07) is 6.01. The van der Waals surface area contributed by atoms with Crippen molar-refractivity contribution < 1.29 is 19.0 Å². The predicted molar refractivity (Wildman–Crippen MR) is 97.8 cm³/mol. The van der Waals surface area contributed by atoms with Crippen LogP contribution < -0.4 is 4.74 Å². The number of nitrogens with zero attached hydrogens (tertiary/aromatic N) is 1. The van der Waals surface area contributed by atoms with Crippen LogP contribution in [0.15, 0.2) is 30.9 Å². The van der Waals surface area contributed by atoms with Crippen molar-refractivity contribution in [3.8, 4) is 5.75 Å². The lowest BCUT2D eigenvalue weighted by Crippen LogP contribution is -2.51. The number of rotatable bonds is 8. The van der Waals surface area contributed by atoms with Crippen LogP contribution in [0.25, 0.3) is 0 Å². The van der Waals surface area contributed by atoms with Crippen LogP contribution in [-0.4, -0.2) is 50.4 Å². The second kappa shape index (κ2) is 9.02. The molecule has 0 radical (unpaired) electrons. The number of aryl methyl sites for hydroxylation is 1. The summed E-state index contributed by atoms with van der Waals surface area (Å²) in [7, 11) is 3.32. The van der Waals surface area contributed by atoms with E-state index in [1.54, 1.807) is 19.1 Å². The number of ether oxygens (including phenoxy) is 3. The molecule has 0 saturated carbocycles. The predicted octanol–water partition coefficient (Wildman–Crippen LogP) is 3.10. The molecule has 0 N–H and O–H groups in total. The molecule has 0 aliphatic carbocycles. The second-order valence-electron chi connectivity index (χ2n) is 6.64. The van der Waals surface area contributed by atoms with Gasteiger partial charge in [-0.05, 0) is 43.9 Å². The molecule has 5 heteroatoms. The van der Waals surface area contributed by atoms with Crippen molar-refractivity contribution in [1.29, 1.82) is 0 Å². The Morgan fingerprint density at radius 2 is 2.20 bits per heavy atom. The van der Waals surface area contributed by atoms with E-state index in [0.29, 0.717) is 26.3 Å². The molecule has 1 aromatic carbocycles. The third-order valence-electron chi connectivity index (χ3n) is 4.61. The monoisotopic (exact) mass is 347 g/mol. The fourth-order valence-corrected chi connectivity index (χ4v) is 3.33. The van der Waals surface area contributed by atoms with Gasteiger partial charge in [-0.3, -0.25) is 4.79 Å². The molecule has 1 aliphatic heterocycles. The minimum Gasteiger partial charge on any atom is -0.496 e.